The molecule has 5 heteroatoms. The molecule has 0 spiro atoms. The van der Waals surface area contributed by atoms with Gasteiger partial charge in [0.05, 0.1) is 6.61 Å². The Morgan fingerprint density at radius 1 is 1.16 bits per heavy atom. The topological polar surface area (TPSA) is 60.3 Å². The Morgan fingerprint density at radius 2 is 1.88 bits per heavy atom. The van der Waals surface area contributed by atoms with Crippen molar-refractivity contribution < 1.29 is 9.53 Å². The van der Waals surface area contributed by atoms with Gasteiger partial charge in [-0.15, -0.1) is 0 Å². The Kier molecular flexibility index (Phi) is 6.81. The number of ether oxygens (including phenoxy) is 1. The molecular formula is C20H26N2O3. The van der Waals surface area contributed by atoms with Gasteiger partial charge in [0, 0.05) is 12.2 Å². The molecule has 0 bridgehead atoms. The standard InChI is InChI=1S/C20H26N2O3/c1-15(2)14-25-19(23)13-22-16(3)9-10-18(20(22)24)21-12-11-17-7-5-4-6-8-17/h4-10,15,21H,11-14H2,1-3H3. The number of carbonyl (C=O) groups is 1. The van der Waals surface area contributed by atoms with Crippen molar-refractivity contribution in [1.29, 1.82) is 0 Å². The van der Waals surface area contributed by atoms with Crippen LogP contribution in [0.1, 0.15) is 25.1 Å². The summed E-state index contributed by atoms with van der Waals surface area (Å²) in [5.74, 6) is -0.118. The van der Waals surface area contributed by atoms with Gasteiger partial charge in [0.2, 0.25) is 0 Å². The quantitative estimate of drug-likeness (QED) is 0.749. The smallest absolute Gasteiger partial charge is 0.326 e. The number of aryl methyl sites for hydroxylation is 1. The first-order valence-corrected chi connectivity index (χ1v) is 8.61. The minimum Gasteiger partial charge on any atom is -0.464 e. The highest BCUT2D eigenvalue weighted by atomic mass is 16.5. The van der Waals surface area contributed by atoms with Gasteiger partial charge in [-0.2, -0.15) is 0 Å². The van der Waals surface area contributed by atoms with E-state index in [9.17, 15) is 9.59 Å². The minimum absolute atomic E-state index is 0.0639. The van der Waals surface area contributed by atoms with Crippen LogP contribution in [0.15, 0.2) is 47.3 Å². The van der Waals surface area contributed by atoms with Crippen LogP contribution in [-0.4, -0.2) is 23.7 Å². The number of rotatable bonds is 8. The molecule has 2 rings (SSSR count). The summed E-state index contributed by atoms with van der Waals surface area (Å²) in [5, 5.41) is 3.17. The molecular weight excluding hydrogens is 316 g/mol. The number of nitrogens with one attached hydrogen (secondary N) is 1. The maximum atomic E-state index is 12.6. The first-order chi connectivity index (χ1) is 12.0. The SMILES string of the molecule is Cc1ccc(NCCc2ccccc2)c(=O)n1CC(=O)OCC(C)C. The first-order valence-electron chi connectivity index (χ1n) is 8.61. The molecule has 0 atom stereocenters. The zero-order chi connectivity index (χ0) is 18.2. The number of anilines is 1. The van der Waals surface area contributed by atoms with Gasteiger partial charge in [0.25, 0.3) is 5.56 Å². The average molecular weight is 342 g/mol. The largest absolute Gasteiger partial charge is 0.464 e. The second-order valence-corrected chi connectivity index (χ2v) is 6.52. The van der Waals surface area contributed by atoms with E-state index in [-0.39, 0.29) is 24.0 Å². The van der Waals surface area contributed by atoms with Gasteiger partial charge >= 0.3 is 5.97 Å². The van der Waals surface area contributed by atoms with E-state index in [1.807, 2.05) is 45.0 Å². The summed E-state index contributed by atoms with van der Waals surface area (Å²) in [7, 11) is 0. The lowest BCUT2D eigenvalue weighted by Gasteiger charge is -2.13. The summed E-state index contributed by atoms with van der Waals surface area (Å²) < 4.78 is 6.63. The van der Waals surface area contributed by atoms with Crippen molar-refractivity contribution in [3.05, 3.63) is 64.1 Å². The molecule has 0 aliphatic carbocycles. The van der Waals surface area contributed by atoms with E-state index in [0.717, 1.165) is 12.1 Å². The zero-order valence-corrected chi connectivity index (χ0v) is 15.1. The molecule has 25 heavy (non-hydrogen) atoms. The predicted octanol–water partition coefficient (Wildman–Crippen LogP) is 3.01. The van der Waals surface area contributed by atoms with E-state index >= 15 is 0 Å². The number of carbonyl (C=O) groups excluding carboxylic acids is 1. The van der Waals surface area contributed by atoms with Gasteiger partial charge in [-0.05, 0) is 37.0 Å². The molecule has 134 valence electrons. The molecule has 1 N–H and O–H groups in total. The summed E-state index contributed by atoms with van der Waals surface area (Å²) in [6.07, 6.45) is 0.824. The van der Waals surface area contributed by atoms with Crippen LogP contribution < -0.4 is 10.9 Å². The van der Waals surface area contributed by atoms with Crippen molar-refractivity contribution in [2.24, 2.45) is 5.92 Å². The van der Waals surface area contributed by atoms with Crippen molar-refractivity contribution >= 4 is 11.7 Å². The molecule has 0 fully saturated rings. The number of hydrogen-bond acceptors (Lipinski definition) is 4. The third-order valence-electron chi connectivity index (χ3n) is 3.83. The van der Waals surface area contributed by atoms with Crippen molar-refractivity contribution in [1.82, 2.24) is 4.57 Å². The number of aromatic nitrogens is 1. The van der Waals surface area contributed by atoms with Crippen LogP contribution in [0.3, 0.4) is 0 Å². The van der Waals surface area contributed by atoms with Gasteiger partial charge in [0.15, 0.2) is 0 Å². The molecule has 2 aromatic rings. The Hall–Kier alpha value is -2.56. The Morgan fingerprint density at radius 3 is 2.56 bits per heavy atom. The fourth-order valence-electron chi connectivity index (χ4n) is 2.42. The summed E-state index contributed by atoms with van der Waals surface area (Å²) >= 11 is 0. The highest BCUT2D eigenvalue weighted by Crippen LogP contribution is 2.06. The Balaban J connectivity index is 2.00. The molecule has 1 heterocycles. The number of esters is 1. The maximum Gasteiger partial charge on any atom is 0.326 e. The van der Waals surface area contributed by atoms with Crippen LogP contribution in [-0.2, 0) is 22.5 Å². The van der Waals surface area contributed by atoms with Crippen molar-refractivity contribution in [2.45, 2.75) is 33.7 Å². The predicted molar refractivity (Wildman–Crippen MR) is 99.9 cm³/mol. The normalized spacial score (nSPS) is 10.7. The first kappa shape index (κ1) is 18.8. The van der Waals surface area contributed by atoms with Gasteiger partial charge in [-0.3, -0.25) is 14.2 Å². The summed E-state index contributed by atoms with van der Waals surface area (Å²) in [4.78, 5) is 24.5. The molecule has 1 aromatic heterocycles. The van der Waals surface area contributed by atoms with Crippen molar-refractivity contribution in [3.63, 3.8) is 0 Å². The second-order valence-electron chi connectivity index (χ2n) is 6.52. The lowest BCUT2D eigenvalue weighted by Crippen LogP contribution is -2.29. The summed E-state index contributed by atoms with van der Waals surface area (Å²) in [6.45, 7) is 6.71. The van der Waals surface area contributed by atoms with E-state index in [1.165, 1.54) is 10.1 Å². The van der Waals surface area contributed by atoms with Crippen LogP contribution >= 0.6 is 0 Å². The third-order valence-corrected chi connectivity index (χ3v) is 3.83. The molecule has 0 unspecified atom stereocenters. The molecule has 0 saturated carbocycles. The van der Waals surface area contributed by atoms with Gasteiger partial charge in [-0.25, -0.2) is 0 Å². The summed E-state index contributed by atoms with van der Waals surface area (Å²) in [5.41, 5.74) is 2.24. The van der Waals surface area contributed by atoms with Gasteiger partial charge in [-0.1, -0.05) is 44.2 Å². The molecule has 0 aliphatic rings. The van der Waals surface area contributed by atoms with E-state index in [4.69, 9.17) is 4.74 Å². The van der Waals surface area contributed by atoms with Crippen LogP contribution in [0.5, 0.6) is 0 Å². The van der Waals surface area contributed by atoms with E-state index < -0.39 is 0 Å². The van der Waals surface area contributed by atoms with E-state index in [1.54, 1.807) is 6.07 Å². The molecule has 5 nitrogen and oxygen atoms in total. The van der Waals surface area contributed by atoms with E-state index in [0.29, 0.717) is 18.8 Å². The van der Waals surface area contributed by atoms with Gasteiger partial charge in [0.1, 0.15) is 12.2 Å². The molecule has 0 saturated heterocycles. The van der Waals surface area contributed by atoms with Crippen molar-refractivity contribution in [3.8, 4) is 0 Å². The number of benzene rings is 1. The van der Waals surface area contributed by atoms with Crippen molar-refractivity contribution in [2.75, 3.05) is 18.5 Å². The monoisotopic (exact) mass is 342 g/mol. The Labute approximate surface area is 148 Å². The second kappa shape index (κ2) is 9.06. The minimum atomic E-state index is -0.389. The maximum absolute atomic E-state index is 12.6. The molecule has 0 radical (unpaired) electrons. The fourth-order valence-corrected chi connectivity index (χ4v) is 2.42. The highest BCUT2D eigenvalue weighted by Gasteiger charge is 2.11. The molecule has 0 aliphatic heterocycles. The van der Waals surface area contributed by atoms with Crippen LogP contribution in [0.4, 0.5) is 5.69 Å². The molecule has 1 aromatic carbocycles. The number of nitrogens with zero attached hydrogens (tertiary/aromatic N) is 1. The molecule has 0 amide bonds. The highest BCUT2D eigenvalue weighted by molar-refractivity contribution is 5.69. The lowest BCUT2D eigenvalue weighted by atomic mass is 10.1. The fraction of sp³-hybridized carbons (Fsp3) is 0.400. The summed E-state index contributed by atoms with van der Waals surface area (Å²) in [6, 6.07) is 13.7. The Bertz CT molecular complexity index is 751. The number of hydrogen-bond donors (Lipinski definition) is 1. The van der Waals surface area contributed by atoms with Crippen LogP contribution in [0.25, 0.3) is 0 Å². The lowest BCUT2D eigenvalue weighted by molar-refractivity contribution is -0.145. The number of pyridine rings is 1. The average Bonchev–Trinajstić information content (AvgIpc) is 2.59. The third kappa shape index (κ3) is 5.78. The van der Waals surface area contributed by atoms with Crippen LogP contribution in [0, 0.1) is 12.8 Å². The zero-order valence-electron chi connectivity index (χ0n) is 15.1. The van der Waals surface area contributed by atoms with Gasteiger partial charge < -0.3 is 10.1 Å². The van der Waals surface area contributed by atoms with Crippen LogP contribution in [0.2, 0.25) is 0 Å². The van der Waals surface area contributed by atoms with E-state index in [2.05, 4.69) is 17.4 Å².